The number of nitriles is 1. The molecule has 0 saturated carbocycles. The first kappa shape index (κ1) is 14.1. The molecule has 2 aromatic rings. The quantitative estimate of drug-likeness (QED) is 0.814. The second kappa shape index (κ2) is 6.73. The molecule has 0 bridgehead atoms. The molecule has 1 heterocycles. The van der Waals surface area contributed by atoms with Gasteiger partial charge in [0.15, 0.2) is 0 Å². The van der Waals surface area contributed by atoms with Crippen LogP contribution in [0.25, 0.3) is 10.9 Å². The minimum atomic E-state index is 0.463. The van der Waals surface area contributed by atoms with Crippen molar-refractivity contribution in [3.05, 3.63) is 30.3 Å². The first-order valence-corrected chi connectivity index (χ1v) is 6.51. The summed E-state index contributed by atoms with van der Waals surface area (Å²) >= 11 is 0. The Labute approximate surface area is 118 Å². The van der Waals surface area contributed by atoms with Gasteiger partial charge in [-0.25, -0.2) is 4.98 Å². The van der Waals surface area contributed by atoms with E-state index in [2.05, 4.69) is 16.0 Å². The van der Waals surface area contributed by atoms with E-state index >= 15 is 0 Å². The van der Waals surface area contributed by atoms with Crippen LogP contribution in [-0.4, -0.2) is 31.8 Å². The average molecular weight is 270 g/mol. The largest absolute Gasteiger partial charge is 0.399 e. The third kappa shape index (κ3) is 3.37. The van der Waals surface area contributed by atoms with E-state index in [9.17, 15) is 0 Å². The summed E-state index contributed by atoms with van der Waals surface area (Å²) in [5, 5.41) is 9.76. The molecule has 0 aliphatic heterocycles. The Hall–Kier alpha value is -2.32. The van der Waals surface area contributed by atoms with Gasteiger partial charge in [-0.15, -0.1) is 0 Å². The van der Waals surface area contributed by atoms with Crippen molar-refractivity contribution in [3.8, 4) is 6.07 Å². The highest BCUT2D eigenvalue weighted by atomic mass is 16.5. The zero-order chi connectivity index (χ0) is 14.4. The van der Waals surface area contributed by atoms with Crippen LogP contribution in [0.15, 0.2) is 30.3 Å². The van der Waals surface area contributed by atoms with E-state index in [4.69, 9.17) is 15.7 Å². The molecule has 2 rings (SSSR count). The van der Waals surface area contributed by atoms with Crippen LogP contribution >= 0.6 is 0 Å². The fourth-order valence-electron chi connectivity index (χ4n) is 2.04. The molecule has 0 amide bonds. The van der Waals surface area contributed by atoms with Crippen LogP contribution < -0.4 is 10.6 Å². The van der Waals surface area contributed by atoms with Gasteiger partial charge in [0.05, 0.1) is 24.6 Å². The Morgan fingerprint density at radius 1 is 1.30 bits per heavy atom. The Kier molecular flexibility index (Phi) is 4.75. The first-order chi connectivity index (χ1) is 9.74. The van der Waals surface area contributed by atoms with Crippen LogP contribution in [0, 0.1) is 11.3 Å². The molecule has 104 valence electrons. The van der Waals surface area contributed by atoms with Crippen molar-refractivity contribution in [2.24, 2.45) is 0 Å². The average Bonchev–Trinajstić information content (AvgIpc) is 2.47. The zero-order valence-corrected chi connectivity index (χ0v) is 11.5. The van der Waals surface area contributed by atoms with E-state index in [0.29, 0.717) is 26.1 Å². The van der Waals surface area contributed by atoms with Crippen LogP contribution in [0.4, 0.5) is 11.5 Å². The number of methoxy groups -OCH3 is 1. The van der Waals surface area contributed by atoms with Crippen LogP contribution in [0.3, 0.4) is 0 Å². The summed E-state index contributed by atoms with van der Waals surface area (Å²) in [5.41, 5.74) is 7.39. The van der Waals surface area contributed by atoms with Crippen molar-refractivity contribution < 1.29 is 4.74 Å². The molecule has 1 aromatic heterocycles. The fourth-order valence-corrected chi connectivity index (χ4v) is 2.04. The number of nitrogens with zero attached hydrogens (tertiary/aromatic N) is 3. The molecule has 0 radical (unpaired) electrons. The minimum absolute atomic E-state index is 0.463. The van der Waals surface area contributed by atoms with Crippen molar-refractivity contribution in [2.75, 3.05) is 37.4 Å². The maximum Gasteiger partial charge on any atom is 0.129 e. The van der Waals surface area contributed by atoms with Gasteiger partial charge in [0.2, 0.25) is 0 Å². The van der Waals surface area contributed by atoms with Gasteiger partial charge in [0.1, 0.15) is 5.82 Å². The lowest BCUT2D eigenvalue weighted by molar-refractivity contribution is 0.205. The molecule has 1 aromatic carbocycles. The number of nitrogens with two attached hydrogens (primary N) is 1. The molecular weight excluding hydrogens is 252 g/mol. The number of hydrogen-bond donors (Lipinski definition) is 1. The van der Waals surface area contributed by atoms with E-state index in [1.165, 1.54) is 0 Å². The van der Waals surface area contributed by atoms with Crippen molar-refractivity contribution in [1.29, 1.82) is 5.26 Å². The minimum Gasteiger partial charge on any atom is -0.399 e. The number of nitrogen functional groups attached to an aromatic ring is 1. The molecule has 0 saturated heterocycles. The smallest absolute Gasteiger partial charge is 0.129 e. The predicted molar refractivity (Wildman–Crippen MR) is 80.5 cm³/mol. The number of rotatable bonds is 6. The van der Waals surface area contributed by atoms with Gasteiger partial charge in [-0.2, -0.15) is 5.26 Å². The molecule has 0 spiro atoms. The lowest BCUT2D eigenvalue weighted by Crippen LogP contribution is -2.28. The molecule has 20 heavy (non-hydrogen) atoms. The molecule has 0 aliphatic carbocycles. The number of benzene rings is 1. The molecule has 5 nitrogen and oxygen atoms in total. The summed E-state index contributed by atoms with van der Waals surface area (Å²) in [6, 6.07) is 11.8. The standard InChI is InChI=1S/C15H18N4O/c1-20-10-9-19(8-2-7-16)15-6-3-12-11-13(17)4-5-14(12)18-15/h3-6,11H,2,8-10,17H2,1H3. The molecule has 0 aliphatic rings. The van der Waals surface area contributed by atoms with E-state index in [0.717, 1.165) is 22.4 Å². The molecule has 0 fully saturated rings. The normalized spacial score (nSPS) is 10.4. The number of aromatic nitrogens is 1. The monoisotopic (exact) mass is 270 g/mol. The van der Waals surface area contributed by atoms with Gasteiger partial charge >= 0.3 is 0 Å². The zero-order valence-electron chi connectivity index (χ0n) is 11.5. The molecule has 2 N–H and O–H groups in total. The van der Waals surface area contributed by atoms with E-state index < -0.39 is 0 Å². The maximum atomic E-state index is 8.75. The predicted octanol–water partition coefficient (Wildman–Crippen LogP) is 2.18. The lowest BCUT2D eigenvalue weighted by Gasteiger charge is -2.22. The van der Waals surface area contributed by atoms with Crippen LogP contribution in [0.5, 0.6) is 0 Å². The van der Waals surface area contributed by atoms with Gasteiger partial charge in [-0.3, -0.25) is 0 Å². The maximum absolute atomic E-state index is 8.75. The van der Waals surface area contributed by atoms with E-state index in [1.54, 1.807) is 7.11 Å². The van der Waals surface area contributed by atoms with Gasteiger partial charge in [-0.05, 0) is 30.3 Å². The van der Waals surface area contributed by atoms with Gasteiger partial charge in [0.25, 0.3) is 0 Å². The number of anilines is 2. The van der Waals surface area contributed by atoms with Gasteiger partial charge in [0, 0.05) is 31.3 Å². The Bertz CT molecular complexity index is 621. The van der Waals surface area contributed by atoms with Crippen LogP contribution in [0.2, 0.25) is 0 Å². The highest BCUT2D eigenvalue weighted by molar-refractivity contribution is 5.83. The lowest BCUT2D eigenvalue weighted by atomic mass is 10.2. The first-order valence-electron chi connectivity index (χ1n) is 6.51. The number of ether oxygens (including phenoxy) is 1. The topological polar surface area (TPSA) is 75.2 Å². The van der Waals surface area contributed by atoms with E-state index in [-0.39, 0.29) is 0 Å². The van der Waals surface area contributed by atoms with Crippen LogP contribution in [0.1, 0.15) is 6.42 Å². The Morgan fingerprint density at radius 3 is 2.90 bits per heavy atom. The third-order valence-electron chi connectivity index (χ3n) is 3.08. The molecule has 5 heteroatoms. The van der Waals surface area contributed by atoms with Crippen LogP contribution in [-0.2, 0) is 4.74 Å². The van der Waals surface area contributed by atoms with Gasteiger partial charge < -0.3 is 15.4 Å². The highest BCUT2D eigenvalue weighted by Gasteiger charge is 2.08. The Balaban J connectivity index is 2.27. The number of fused-ring (bicyclic) bond motifs is 1. The van der Waals surface area contributed by atoms with Crippen molar-refractivity contribution >= 4 is 22.4 Å². The second-order valence-electron chi connectivity index (χ2n) is 4.51. The Morgan fingerprint density at radius 2 is 2.15 bits per heavy atom. The molecule has 0 atom stereocenters. The summed E-state index contributed by atoms with van der Waals surface area (Å²) in [5.74, 6) is 0.856. The highest BCUT2D eigenvalue weighted by Crippen LogP contribution is 2.20. The molecular formula is C15H18N4O. The third-order valence-corrected chi connectivity index (χ3v) is 3.08. The summed E-state index contributed by atoms with van der Waals surface area (Å²) in [4.78, 5) is 6.69. The number of pyridine rings is 1. The summed E-state index contributed by atoms with van der Waals surface area (Å²) < 4.78 is 5.11. The van der Waals surface area contributed by atoms with Crippen molar-refractivity contribution in [3.63, 3.8) is 0 Å². The van der Waals surface area contributed by atoms with Gasteiger partial charge in [-0.1, -0.05) is 0 Å². The summed E-state index contributed by atoms with van der Waals surface area (Å²) in [6.45, 7) is 1.96. The fraction of sp³-hybridized carbons (Fsp3) is 0.333. The number of hydrogen-bond acceptors (Lipinski definition) is 5. The summed E-state index contributed by atoms with van der Waals surface area (Å²) in [6.07, 6.45) is 0.463. The summed E-state index contributed by atoms with van der Waals surface area (Å²) in [7, 11) is 1.67. The van der Waals surface area contributed by atoms with Crippen molar-refractivity contribution in [2.45, 2.75) is 6.42 Å². The SMILES string of the molecule is COCCN(CCC#N)c1ccc2cc(N)ccc2n1. The van der Waals surface area contributed by atoms with E-state index in [1.807, 2.05) is 30.3 Å². The molecule has 0 unspecified atom stereocenters. The van der Waals surface area contributed by atoms with Crippen molar-refractivity contribution in [1.82, 2.24) is 4.98 Å². The second-order valence-corrected chi connectivity index (χ2v) is 4.51.